The molecule has 0 bridgehead atoms. The molecule has 0 saturated heterocycles. The highest BCUT2D eigenvalue weighted by Gasteiger charge is 2.35. The van der Waals surface area contributed by atoms with Crippen LogP contribution in [-0.2, 0) is 9.53 Å². The van der Waals surface area contributed by atoms with E-state index in [2.05, 4.69) is 72.2 Å². The number of thiazole rings is 1. The summed E-state index contributed by atoms with van der Waals surface area (Å²) in [6, 6.07) is 15.3. The Hall–Kier alpha value is -3.44. The van der Waals surface area contributed by atoms with Gasteiger partial charge in [-0.3, -0.25) is 9.36 Å². The number of benzene rings is 2. The number of halogens is 1. The van der Waals surface area contributed by atoms with Crippen molar-refractivity contribution in [3.05, 3.63) is 111 Å². The molecule has 2 aromatic heterocycles. The molecule has 1 aliphatic rings. The molecule has 4 aromatic rings. The molecule has 0 saturated carbocycles. The number of aryl methyl sites for hydroxylation is 2. The minimum atomic E-state index is -0.720. The normalized spacial score (nSPS) is 15.0. The Morgan fingerprint density at radius 1 is 1.12 bits per heavy atom. The quantitative estimate of drug-likeness (QED) is 0.170. The van der Waals surface area contributed by atoms with Gasteiger partial charge < -0.3 is 14.0 Å². The van der Waals surface area contributed by atoms with Crippen LogP contribution >= 0.6 is 33.9 Å². The van der Waals surface area contributed by atoms with Gasteiger partial charge in [-0.15, -0.1) is 0 Å². The first-order valence-electron chi connectivity index (χ1n) is 14.0. The van der Waals surface area contributed by atoms with Crippen molar-refractivity contribution in [3.8, 4) is 11.4 Å². The Morgan fingerprint density at radius 2 is 1.88 bits per heavy atom. The molecular formula is C33H34IN3O4S. The number of hydrogen-bond donors (Lipinski definition) is 0. The summed E-state index contributed by atoms with van der Waals surface area (Å²) in [7, 11) is 1.59. The van der Waals surface area contributed by atoms with Crippen LogP contribution in [0, 0.1) is 24.3 Å². The second kappa shape index (κ2) is 12.4. The number of carbonyl (C=O) groups is 1. The topological polar surface area (TPSA) is 74.8 Å². The van der Waals surface area contributed by atoms with Gasteiger partial charge in [0, 0.05) is 26.2 Å². The molecule has 0 aliphatic carbocycles. The van der Waals surface area contributed by atoms with E-state index in [0.717, 1.165) is 29.1 Å². The zero-order valence-electron chi connectivity index (χ0n) is 24.7. The van der Waals surface area contributed by atoms with E-state index in [0.29, 0.717) is 38.3 Å². The van der Waals surface area contributed by atoms with E-state index in [4.69, 9.17) is 14.5 Å². The first kappa shape index (κ1) is 30.0. The van der Waals surface area contributed by atoms with E-state index in [9.17, 15) is 9.59 Å². The van der Waals surface area contributed by atoms with Gasteiger partial charge in [0.1, 0.15) is 11.8 Å². The van der Waals surface area contributed by atoms with Gasteiger partial charge >= 0.3 is 5.97 Å². The summed E-state index contributed by atoms with van der Waals surface area (Å²) >= 11 is 3.70. The Labute approximate surface area is 263 Å². The van der Waals surface area contributed by atoms with Crippen molar-refractivity contribution in [2.24, 2.45) is 4.99 Å². The molecule has 0 unspecified atom stereocenters. The number of esters is 1. The fourth-order valence-corrected chi connectivity index (χ4v) is 7.01. The van der Waals surface area contributed by atoms with Crippen molar-refractivity contribution in [2.75, 3.05) is 13.7 Å². The summed E-state index contributed by atoms with van der Waals surface area (Å²) in [6.45, 7) is 10.3. The molecule has 42 heavy (non-hydrogen) atoms. The third-order valence-electron chi connectivity index (χ3n) is 7.50. The molecule has 0 radical (unpaired) electrons. The summed E-state index contributed by atoms with van der Waals surface area (Å²) in [5.74, 6) is 0.124. The fourth-order valence-electron chi connectivity index (χ4n) is 5.50. The number of para-hydroxylation sites is 1. The van der Waals surface area contributed by atoms with Gasteiger partial charge in [0.2, 0.25) is 0 Å². The molecule has 3 heterocycles. The predicted molar refractivity (Wildman–Crippen MR) is 175 cm³/mol. The van der Waals surface area contributed by atoms with Crippen LogP contribution in [0.2, 0.25) is 0 Å². The number of hydrogen-bond acceptors (Lipinski definition) is 6. The van der Waals surface area contributed by atoms with Crippen LogP contribution in [0.5, 0.6) is 5.75 Å². The second-order valence-corrected chi connectivity index (χ2v) is 12.4. The monoisotopic (exact) mass is 695 g/mol. The van der Waals surface area contributed by atoms with Crippen LogP contribution in [0.4, 0.5) is 0 Å². The van der Waals surface area contributed by atoms with Crippen LogP contribution in [0.15, 0.2) is 69.6 Å². The highest BCUT2D eigenvalue weighted by Crippen LogP contribution is 2.37. The van der Waals surface area contributed by atoms with Gasteiger partial charge in [0.15, 0.2) is 4.80 Å². The second-order valence-electron chi connectivity index (χ2n) is 10.3. The smallest absolute Gasteiger partial charge is 0.338 e. The van der Waals surface area contributed by atoms with Crippen molar-refractivity contribution >= 4 is 46.0 Å². The summed E-state index contributed by atoms with van der Waals surface area (Å²) in [5, 5.41) is 0. The molecule has 5 rings (SSSR count). The first-order valence-corrected chi connectivity index (χ1v) is 15.9. The lowest BCUT2D eigenvalue weighted by Crippen LogP contribution is -2.40. The van der Waals surface area contributed by atoms with Gasteiger partial charge in [0.05, 0.1) is 29.5 Å². The maximum Gasteiger partial charge on any atom is 0.338 e. The van der Waals surface area contributed by atoms with Crippen LogP contribution in [0.1, 0.15) is 60.8 Å². The van der Waals surface area contributed by atoms with Gasteiger partial charge in [-0.25, -0.2) is 9.79 Å². The van der Waals surface area contributed by atoms with Crippen molar-refractivity contribution in [2.45, 2.75) is 53.5 Å². The fraction of sp³-hybridized carbons (Fsp3) is 0.303. The average molecular weight is 696 g/mol. The molecule has 1 atom stereocenters. The van der Waals surface area contributed by atoms with E-state index < -0.39 is 12.0 Å². The number of rotatable bonds is 8. The summed E-state index contributed by atoms with van der Waals surface area (Å²) in [6.07, 6.45) is 3.31. The largest absolute Gasteiger partial charge is 0.496 e. The van der Waals surface area contributed by atoms with E-state index in [1.54, 1.807) is 18.6 Å². The number of aromatic nitrogens is 2. The van der Waals surface area contributed by atoms with E-state index >= 15 is 0 Å². The minimum absolute atomic E-state index is 0.207. The molecular weight excluding hydrogens is 661 g/mol. The molecule has 9 heteroatoms. The van der Waals surface area contributed by atoms with E-state index in [1.807, 2.05) is 37.3 Å². The lowest BCUT2D eigenvalue weighted by Gasteiger charge is -2.26. The Kier molecular flexibility index (Phi) is 8.89. The number of methoxy groups -OCH3 is 1. The van der Waals surface area contributed by atoms with Crippen LogP contribution in [-0.4, -0.2) is 28.8 Å². The number of fused-ring (bicyclic) bond motifs is 1. The average Bonchev–Trinajstić information content (AvgIpc) is 3.43. The molecule has 218 valence electrons. The zero-order chi connectivity index (χ0) is 30.1. The summed E-state index contributed by atoms with van der Waals surface area (Å²) < 4.78 is 16.8. The van der Waals surface area contributed by atoms with E-state index in [1.165, 1.54) is 20.5 Å². The SMILES string of the molecule is CCCC1=C(C(=O)OCC)[C@@H](c2ccccc2OC)n2c(s/c(=C\c3cc(C)n(-c4ccc(C)c(I)c4)c3C)c2=O)=N1. The van der Waals surface area contributed by atoms with E-state index in [-0.39, 0.29) is 12.2 Å². The predicted octanol–water partition coefficient (Wildman–Crippen LogP) is 5.91. The first-order chi connectivity index (χ1) is 20.2. The van der Waals surface area contributed by atoms with Gasteiger partial charge in [0.25, 0.3) is 5.56 Å². The standard InChI is InChI=1S/C33H34IN3O4S/c1-7-11-26-29(32(39)41-8-2)30(24-12-9-10-13-27(24)40-6)37-31(38)28(42-33(37)35-26)17-22-16-20(4)36(21(22)5)23-15-14-19(3)25(34)18-23/h9-10,12-18,30H,7-8,11H2,1-6H3/b28-17-/t30-/m1/s1. The van der Waals surface area contributed by atoms with Crippen LogP contribution in [0.25, 0.3) is 11.8 Å². The third kappa shape index (κ3) is 5.40. The summed E-state index contributed by atoms with van der Waals surface area (Å²) in [4.78, 5) is 33.1. The lowest BCUT2D eigenvalue weighted by atomic mass is 9.93. The van der Waals surface area contributed by atoms with Gasteiger partial charge in [-0.05, 0) is 98.2 Å². The summed E-state index contributed by atoms with van der Waals surface area (Å²) in [5.41, 5.74) is 6.93. The Morgan fingerprint density at radius 3 is 2.57 bits per heavy atom. The third-order valence-corrected chi connectivity index (χ3v) is 9.64. The number of ether oxygens (including phenoxy) is 2. The van der Waals surface area contributed by atoms with Gasteiger partial charge in [-0.2, -0.15) is 0 Å². The number of carbonyl (C=O) groups excluding carboxylic acids is 1. The Balaban J connectivity index is 1.74. The molecule has 2 aromatic carbocycles. The number of allylic oxidation sites excluding steroid dienone is 1. The van der Waals surface area contributed by atoms with Crippen molar-refractivity contribution in [1.29, 1.82) is 0 Å². The van der Waals surface area contributed by atoms with Crippen LogP contribution in [0.3, 0.4) is 0 Å². The molecule has 0 fully saturated rings. The lowest BCUT2D eigenvalue weighted by molar-refractivity contribution is -0.139. The molecule has 0 amide bonds. The van der Waals surface area contributed by atoms with Crippen molar-refractivity contribution in [3.63, 3.8) is 0 Å². The maximum atomic E-state index is 14.2. The zero-order valence-corrected chi connectivity index (χ0v) is 27.6. The minimum Gasteiger partial charge on any atom is -0.496 e. The highest BCUT2D eigenvalue weighted by molar-refractivity contribution is 14.1. The molecule has 7 nitrogen and oxygen atoms in total. The molecule has 0 spiro atoms. The van der Waals surface area contributed by atoms with Gasteiger partial charge in [-0.1, -0.05) is 48.9 Å². The van der Waals surface area contributed by atoms with Crippen molar-refractivity contribution in [1.82, 2.24) is 9.13 Å². The maximum absolute atomic E-state index is 14.2. The molecule has 0 N–H and O–H groups in total. The molecule has 1 aliphatic heterocycles. The Bertz CT molecular complexity index is 1900. The number of nitrogens with zero attached hydrogens (tertiary/aromatic N) is 3. The highest BCUT2D eigenvalue weighted by atomic mass is 127. The van der Waals surface area contributed by atoms with Crippen molar-refractivity contribution < 1.29 is 14.3 Å². The van der Waals surface area contributed by atoms with Crippen LogP contribution < -0.4 is 19.6 Å².